The lowest BCUT2D eigenvalue weighted by molar-refractivity contribution is 0.146. The monoisotopic (exact) mass is 218 g/mol. The predicted octanol–water partition coefficient (Wildman–Crippen LogP) is 3.12. The van der Waals surface area contributed by atoms with Crippen molar-refractivity contribution in [2.75, 3.05) is 6.54 Å². The van der Waals surface area contributed by atoms with Crippen LogP contribution < -0.4 is 5.32 Å². The molecule has 1 aliphatic carbocycles. The van der Waals surface area contributed by atoms with Gasteiger partial charge in [-0.2, -0.15) is 0 Å². The summed E-state index contributed by atoms with van der Waals surface area (Å²) in [6, 6.07) is 5.03. The topological polar surface area (TPSA) is 17.0 Å². The summed E-state index contributed by atoms with van der Waals surface area (Å²) in [4.78, 5) is 0. The fourth-order valence-electron chi connectivity index (χ4n) is 3.58. The maximum absolute atomic E-state index is 3.81. The number of piperidine rings is 1. The van der Waals surface area contributed by atoms with Gasteiger partial charge >= 0.3 is 0 Å². The lowest BCUT2D eigenvalue weighted by Gasteiger charge is -2.45. The predicted molar refractivity (Wildman–Crippen MR) is 66.5 cm³/mol. The first-order valence-electron chi connectivity index (χ1n) is 6.76. The molecule has 0 aromatic carbocycles. The van der Waals surface area contributed by atoms with Crippen molar-refractivity contribution >= 4 is 0 Å². The number of hydrogen-bond donors (Lipinski definition) is 1. The summed E-state index contributed by atoms with van der Waals surface area (Å²) < 4.78 is 2.41. The van der Waals surface area contributed by atoms with Gasteiger partial charge in [-0.05, 0) is 44.4 Å². The van der Waals surface area contributed by atoms with Crippen molar-refractivity contribution in [2.45, 2.75) is 56.5 Å². The molecule has 16 heavy (non-hydrogen) atoms. The summed E-state index contributed by atoms with van der Waals surface area (Å²) in [5, 5.41) is 3.81. The molecule has 1 saturated carbocycles. The summed E-state index contributed by atoms with van der Waals surface area (Å²) >= 11 is 0. The molecule has 2 fully saturated rings. The Morgan fingerprint density at radius 2 is 1.81 bits per heavy atom. The molecule has 1 unspecified atom stereocenters. The second-order valence-electron chi connectivity index (χ2n) is 5.54. The quantitative estimate of drug-likeness (QED) is 0.766. The molecule has 0 amide bonds. The molecular formula is C14H22N2. The van der Waals surface area contributed by atoms with Gasteiger partial charge in [-0.15, -0.1) is 0 Å². The Hall–Kier alpha value is -0.760. The van der Waals surface area contributed by atoms with Crippen molar-refractivity contribution in [3.63, 3.8) is 0 Å². The summed E-state index contributed by atoms with van der Waals surface area (Å²) in [5.74, 6) is 0. The molecule has 88 valence electrons. The van der Waals surface area contributed by atoms with Crippen molar-refractivity contribution in [1.29, 1.82) is 0 Å². The molecule has 1 spiro atoms. The smallest absolute Gasteiger partial charge is 0.0360 e. The number of rotatable bonds is 1. The molecule has 2 heteroatoms. The van der Waals surface area contributed by atoms with E-state index in [1.165, 1.54) is 51.5 Å². The first-order valence-corrected chi connectivity index (χ1v) is 6.76. The largest absolute Gasteiger partial charge is 0.351 e. The molecule has 2 aliphatic rings. The van der Waals surface area contributed by atoms with E-state index in [2.05, 4.69) is 34.4 Å². The van der Waals surface area contributed by atoms with Gasteiger partial charge in [0, 0.05) is 24.0 Å². The van der Waals surface area contributed by atoms with Gasteiger partial charge in [-0.3, -0.25) is 0 Å². The summed E-state index contributed by atoms with van der Waals surface area (Å²) in [6.45, 7) is 1.20. The van der Waals surface area contributed by atoms with Gasteiger partial charge in [0.25, 0.3) is 0 Å². The molecule has 1 aromatic rings. The highest BCUT2D eigenvalue weighted by Gasteiger charge is 2.37. The Kier molecular flexibility index (Phi) is 2.76. The second kappa shape index (κ2) is 4.25. The van der Waals surface area contributed by atoms with Crippen LogP contribution in [0, 0.1) is 0 Å². The molecule has 3 rings (SSSR count). The molecule has 1 N–H and O–H groups in total. The van der Waals surface area contributed by atoms with Crippen LogP contribution in [0.4, 0.5) is 0 Å². The van der Waals surface area contributed by atoms with Gasteiger partial charge in [-0.25, -0.2) is 0 Å². The van der Waals surface area contributed by atoms with E-state index in [1.807, 2.05) is 0 Å². The van der Waals surface area contributed by atoms with Crippen LogP contribution in [0.15, 0.2) is 24.5 Å². The third kappa shape index (κ3) is 1.91. The molecule has 2 heterocycles. The number of nitrogens with one attached hydrogen (secondary N) is 1. The molecule has 0 bridgehead atoms. The normalized spacial score (nSPS) is 29.4. The van der Waals surface area contributed by atoms with E-state index >= 15 is 0 Å². The van der Waals surface area contributed by atoms with Gasteiger partial charge in [-0.1, -0.05) is 19.3 Å². The molecule has 2 nitrogen and oxygen atoms in total. The molecule has 1 saturated heterocycles. The summed E-state index contributed by atoms with van der Waals surface area (Å²) in [7, 11) is 0. The average molecular weight is 218 g/mol. The highest BCUT2D eigenvalue weighted by molar-refractivity contribution is 5.01. The molecule has 0 radical (unpaired) electrons. The van der Waals surface area contributed by atoms with Crippen LogP contribution in [0.25, 0.3) is 0 Å². The highest BCUT2D eigenvalue weighted by Crippen LogP contribution is 2.38. The van der Waals surface area contributed by atoms with Crippen LogP contribution in [0.3, 0.4) is 0 Å². The average Bonchev–Trinajstić information content (AvgIpc) is 2.83. The van der Waals surface area contributed by atoms with Crippen LogP contribution in [0.2, 0.25) is 0 Å². The van der Waals surface area contributed by atoms with Crippen LogP contribution in [0.1, 0.15) is 51.0 Å². The van der Waals surface area contributed by atoms with Crippen molar-refractivity contribution in [3.05, 3.63) is 24.5 Å². The summed E-state index contributed by atoms with van der Waals surface area (Å²) in [6.07, 6.45) is 14.2. The van der Waals surface area contributed by atoms with E-state index in [0.29, 0.717) is 5.54 Å². The Bertz CT molecular complexity index is 317. The number of nitrogens with zero attached hydrogens (tertiary/aromatic N) is 1. The third-order valence-electron chi connectivity index (χ3n) is 4.46. The van der Waals surface area contributed by atoms with E-state index in [-0.39, 0.29) is 0 Å². The number of aromatic nitrogens is 1. The van der Waals surface area contributed by atoms with Crippen LogP contribution in [-0.4, -0.2) is 16.7 Å². The van der Waals surface area contributed by atoms with E-state index in [1.54, 1.807) is 0 Å². The number of hydrogen-bond acceptors (Lipinski definition) is 1. The minimum Gasteiger partial charge on any atom is -0.351 e. The first-order chi connectivity index (χ1) is 7.88. The van der Waals surface area contributed by atoms with Gasteiger partial charge in [0.2, 0.25) is 0 Å². The van der Waals surface area contributed by atoms with Crippen LogP contribution >= 0.6 is 0 Å². The molecule has 1 atom stereocenters. The van der Waals surface area contributed by atoms with Gasteiger partial charge in [0.05, 0.1) is 0 Å². The molecular weight excluding hydrogens is 196 g/mol. The fourth-order valence-corrected chi connectivity index (χ4v) is 3.58. The Morgan fingerprint density at radius 1 is 1.06 bits per heavy atom. The van der Waals surface area contributed by atoms with E-state index in [9.17, 15) is 0 Å². The zero-order valence-electron chi connectivity index (χ0n) is 9.99. The lowest BCUT2D eigenvalue weighted by atomic mass is 9.75. The van der Waals surface area contributed by atoms with Gasteiger partial charge < -0.3 is 9.88 Å². The molecule has 1 aromatic heterocycles. The maximum Gasteiger partial charge on any atom is 0.0360 e. The highest BCUT2D eigenvalue weighted by atomic mass is 15.1. The zero-order valence-corrected chi connectivity index (χ0v) is 9.99. The van der Waals surface area contributed by atoms with Crippen molar-refractivity contribution in [3.8, 4) is 0 Å². The van der Waals surface area contributed by atoms with E-state index < -0.39 is 0 Å². The van der Waals surface area contributed by atoms with E-state index in [0.717, 1.165) is 6.04 Å². The second-order valence-corrected chi connectivity index (χ2v) is 5.54. The Balaban J connectivity index is 1.74. The van der Waals surface area contributed by atoms with Crippen molar-refractivity contribution in [1.82, 2.24) is 9.88 Å². The van der Waals surface area contributed by atoms with Gasteiger partial charge in [0.15, 0.2) is 0 Å². The van der Waals surface area contributed by atoms with Crippen molar-refractivity contribution in [2.24, 2.45) is 0 Å². The maximum atomic E-state index is 3.81. The summed E-state index contributed by atoms with van der Waals surface area (Å²) in [5.41, 5.74) is 0.478. The Morgan fingerprint density at radius 3 is 2.56 bits per heavy atom. The van der Waals surface area contributed by atoms with Crippen LogP contribution in [0.5, 0.6) is 0 Å². The van der Waals surface area contributed by atoms with E-state index in [4.69, 9.17) is 0 Å². The standard InChI is InChI=1S/C14H22N2/c1-2-7-14(8-3-1)12-13(6-9-15-14)16-10-4-5-11-16/h4-5,10-11,13,15H,1-3,6-9,12H2. The fraction of sp³-hybridized carbons (Fsp3) is 0.714. The van der Waals surface area contributed by atoms with Gasteiger partial charge in [0.1, 0.15) is 0 Å². The third-order valence-corrected chi connectivity index (χ3v) is 4.46. The SMILES string of the molecule is c1ccn(C2CCNC3(CCCCC3)C2)c1. The minimum atomic E-state index is 0.478. The first kappa shape index (κ1) is 10.4. The zero-order chi connectivity index (χ0) is 10.8. The van der Waals surface area contributed by atoms with Crippen LogP contribution in [-0.2, 0) is 0 Å². The molecule has 1 aliphatic heterocycles. The lowest BCUT2D eigenvalue weighted by Crippen LogP contribution is -2.52. The van der Waals surface area contributed by atoms with Crippen molar-refractivity contribution < 1.29 is 0 Å². The minimum absolute atomic E-state index is 0.478. The Labute approximate surface area is 98.0 Å².